The highest BCUT2D eigenvalue weighted by Gasteiger charge is 2.54. The van der Waals surface area contributed by atoms with Crippen LogP contribution in [0.25, 0.3) is 0 Å². The number of carbonyl (C=O) groups is 2. The van der Waals surface area contributed by atoms with Crippen molar-refractivity contribution in [1.29, 1.82) is 0 Å². The molecule has 0 saturated carbocycles. The molecule has 2 atom stereocenters. The largest absolute Gasteiger partial charge is 0.388 e. The molecule has 1 aromatic carbocycles. The highest BCUT2D eigenvalue weighted by molar-refractivity contribution is 5.94. The van der Waals surface area contributed by atoms with E-state index in [1.807, 2.05) is 13.0 Å². The predicted octanol–water partition coefficient (Wildman–Crippen LogP) is 0.749. The van der Waals surface area contributed by atoms with Crippen LogP contribution in [0.15, 0.2) is 36.5 Å². The number of hydrogen-bond acceptors (Lipinski definition) is 6. The zero-order chi connectivity index (χ0) is 20.5. The Hall–Kier alpha value is -2.78. The Balaban J connectivity index is 1.45. The summed E-state index contributed by atoms with van der Waals surface area (Å²) in [6, 6.07) is 8.95. The zero-order valence-corrected chi connectivity index (χ0v) is 16.3. The fourth-order valence-electron chi connectivity index (χ4n) is 4.29. The minimum Gasteiger partial charge on any atom is -0.388 e. The van der Waals surface area contributed by atoms with Crippen LogP contribution in [0.2, 0.25) is 0 Å². The molecule has 2 saturated heterocycles. The van der Waals surface area contributed by atoms with Gasteiger partial charge in [0.15, 0.2) is 5.69 Å². The first kappa shape index (κ1) is 19.5. The van der Waals surface area contributed by atoms with Crippen molar-refractivity contribution in [2.24, 2.45) is 0 Å². The lowest BCUT2D eigenvalue weighted by molar-refractivity contribution is -0.203. The van der Waals surface area contributed by atoms with E-state index >= 15 is 0 Å². The van der Waals surface area contributed by atoms with E-state index in [4.69, 9.17) is 4.74 Å². The molecule has 2 aromatic rings. The lowest BCUT2D eigenvalue weighted by atomic mass is 9.73. The van der Waals surface area contributed by atoms with Crippen molar-refractivity contribution in [2.45, 2.75) is 43.4 Å². The van der Waals surface area contributed by atoms with Crippen LogP contribution >= 0.6 is 0 Å². The molecule has 2 aliphatic rings. The zero-order valence-electron chi connectivity index (χ0n) is 16.3. The third-order valence-corrected chi connectivity index (χ3v) is 6.08. The van der Waals surface area contributed by atoms with Crippen molar-refractivity contribution < 1.29 is 19.4 Å². The number of hydrogen-bond donors (Lipinski definition) is 3. The summed E-state index contributed by atoms with van der Waals surface area (Å²) in [6.45, 7) is 3.16. The lowest BCUT2D eigenvalue weighted by Crippen LogP contribution is -2.69. The maximum Gasteiger partial charge on any atom is 0.276 e. The van der Waals surface area contributed by atoms with Gasteiger partial charge in [-0.1, -0.05) is 18.2 Å². The van der Waals surface area contributed by atoms with Gasteiger partial charge in [0, 0.05) is 25.3 Å². The number of nitrogens with zero attached hydrogens (tertiary/aromatic N) is 3. The number of aromatic amines is 1. The first-order valence-corrected chi connectivity index (χ1v) is 9.78. The van der Waals surface area contributed by atoms with Crippen LogP contribution in [-0.2, 0) is 4.74 Å². The summed E-state index contributed by atoms with van der Waals surface area (Å²) in [7, 11) is 0. The van der Waals surface area contributed by atoms with E-state index in [2.05, 4.69) is 20.7 Å². The molecule has 0 unspecified atom stereocenters. The van der Waals surface area contributed by atoms with Gasteiger partial charge in [0.2, 0.25) is 0 Å². The van der Waals surface area contributed by atoms with E-state index in [1.165, 1.54) is 6.20 Å². The Bertz CT molecular complexity index is 864. The smallest absolute Gasteiger partial charge is 0.276 e. The molecule has 0 bridgehead atoms. The van der Waals surface area contributed by atoms with E-state index in [0.29, 0.717) is 44.5 Å². The number of aliphatic hydroxyl groups is 1. The Morgan fingerprint density at radius 1 is 1.24 bits per heavy atom. The van der Waals surface area contributed by atoms with Crippen molar-refractivity contribution >= 4 is 11.8 Å². The molecule has 1 aromatic heterocycles. The van der Waals surface area contributed by atoms with Crippen molar-refractivity contribution in [2.75, 3.05) is 19.7 Å². The van der Waals surface area contributed by atoms with Gasteiger partial charge in [-0.05, 0) is 38.3 Å². The van der Waals surface area contributed by atoms with Crippen molar-refractivity contribution in [3.05, 3.63) is 47.8 Å². The molecule has 29 heavy (non-hydrogen) atoms. The molecular weight excluding hydrogens is 374 g/mol. The van der Waals surface area contributed by atoms with Gasteiger partial charge in [-0.2, -0.15) is 15.4 Å². The van der Waals surface area contributed by atoms with Gasteiger partial charge in [-0.15, -0.1) is 0 Å². The minimum absolute atomic E-state index is 0.195. The molecule has 154 valence electrons. The van der Waals surface area contributed by atoms with Crippen LogP contribution in [0, 0.1) is 0 Å². The van der Waals surface area contributed by atoms with Crippen LogP contribution in [0.1, 0.15) is 47.0 Å². The van der Waals surface area contributed by atoms with Crippen LogP contribution in [0.5, 0.6) is 0 Å². The van der Waals surface area contributed by atoms with Crippen molar-refractivity contribution in [3.63, 3.8) is 0 Å². The number of piperidine rings is 1. The van der Waals surface area contributed by atoms with Gasteiger partial charge in [-0.25, -0.2) is 0 Å². The normalized spacial score (nSPS) is 26.3. The summed E-state index contributed by atoms with van der Waals surface area (Å²) in [4.78, 5) is 26.9. The second-order valence-corrected chi connectivity index (χ2v) is 7.95. The third-order valence-electron chi connectivity index (χ3n) is 6.08. The number of aliphatic hydroxyl groups excluding tert-OH is 1. The first-order valence-electron chi connectivity index (χ1n) is 9.78. The van der Waals surface area contributed by atoms with E-state index < -0.39 is 17.2 Å². The predicted molar refractivity (Wildman–Crippen MR) is 103 cm³/mol. The summed E-state index contributed by atoms with van der Waals surface area (Å²) in [5.74, 6) is -0.415. The SMILES string of the molecule is C[C@]1(NC(=O)c2ccccc2)CCOC2(CCN(C(=O)c3cn[nH]n3)CC2)[C@@H]1O. The van der Waals surface area contributed by atoms with Gasteiger partial charge in [0.1, 0.15) is 6.10 Å². The van der Waals surface area contributed by atoms with Gasteiger partial charge in [0.05, 0.1) is 17.3 Å². The second-order valence-electron chi connectivity index (χ2n) is 7.95. The maximum absolute atomic E-state index is 12.7. The lowest BCUT2D eigenvalue weighted by Gasteiger charge is -2.53. The Kier molecular flexibility index (Phi) is 5.10. The van der Waals surface area contributed by atoms with E-state index in [9.17, 15) is 14.7 Å². The van der Waals surface area contributed by atoms with Gasteiger partial charge >= 0.3 is 0 Å². The molecule has 0 radical (unpaired) electrons. The Labute approximate surface area is 168 Å². The fourth-order valence-corrected chi connectivity index (χ4v) is 4.29. The van der Waals surface area contributed by atoms with E-state index in [-0.39, 0.29) is 17.5 Å². The van der Waals surface area contributed by atoms with Crippen LogP contribution in [0.4, 0.5) is 0 Å². The summed E-state index contributed by atoms with van der Waals surface area (Å²) in [6.07, 6.45) is 1.98. The highest BCUT2D eigenvalue weighted by atomic mass is 16.5. The molecule has 2 aliphatic heterocycles. The molecule has 9 nitrogen and oxygen atoms in total. The topological polar surface area (TPSA) is 120 Å². The number of benzene rings is 1. The third kappa shape index (κ3) is 3.63. The van der Waals surface area contributed by atoms with Gasteiger partial charge in [-0.3, -0.25) is 9.59 Å². The Morgan fingerprint density at radius 2 is 1.97 bits per heavy atom. The number of H-pyrrole nitrogens is 1. The molecule has 9 heteroatoms. The average Bonchev–Trinajstić information content (AvgIpc) is 3.28. The number of amides is 2. The van der Waals surface area contributed by atoms with E-state index in [0.717, 1.165) is 0 Å². The molecule has 3 heterocycles. The summed E-state index contributed by atoms with van der Waals surface area (Å²) in [5.41, 5.74) is -0.790. The molecular formula is C20H25N5O4. The molecule has 2 amide bonds. The van der Waals surface area contributed by atoms with Gasteiger partial charge < -0.3 is 20.1 Å². The van der Waals surface area contributed by atoms with Crippen LogP contribution < -0.4 is 5.32 Å². The number of rotatable bonds is 3. The minimum atomic E-state index is -0.888. The monoisotopic (exact) mass is 399 g/mol. The number of ether oxygens (including phenoxy) is 1. The molecule has 1 spiro atoms. The number of carbonyl (C=O) groups excluding carboxylic acids is 2. The molecule has 0 aliphatic carbocycles. The molecule has 2 fully saturated rings. The van der Waals surface area contributed by atoms with Crippen molar-refractivity contribution in [3.8, 4) is 0 Å². The number of likely N-dealkylation sites (tertiary alicyclic amines) is 1. The molecule has 3 N–H and O–H groups in total. The quantitative estimate of drug-likeness (QED) is 0.700. The summed E-state index contributed by atoms with van der Waals surface area (Å²) >= 11 is 0. The number of aromatic nitrogens is 3. The standard InChI is InChI=1S/C20H25N5O4/c1-19(22-16(26)14-5-3-2-4-6-14)9-12-29-20(18(19)28)7-10-25(11-8-20)17(27)15-13-21-24-23-15/h2-6,13,18,28H,7-12H2,1H3,(H,22,26)(H,21,23,24)/t18-,19+/m1/s1. The second kappa shape index (κ2) is 7.57. The number of nitrogens with one attached hydrogen (secondary N) is 2. The van der Waals surface area contributed by atoms with E-state index in [1.54, 1.807) is 29.2 Å². The Morgan fingerprint density at radius 3 is 2.62 bits per heavy atom. The highest BCUT2D eigenvalue weighted by Crippen LogP contribution is 2.40. The first-order chi connectivity index (χ1) is 13.9. The van der Waals surface area contributed by atoms with Crippen LogP contribution in [0.3, 0.4) is 0 Å². The summed E-state index contributed by atoms with van der Waals surface area (Å²) < 4.78 is 6.05. The van der Waals surface area contributed by atoms with Crippen LogP contribution in [-0.4, -0.2) is 74.2 Å². The molecule has 4 rings (SSSR count). The van der Waals surface area contributed by atoms with Crippen molar-refractivity contribution in [1.82, 2.24) is 25.6 Å². The average molecular weight is 399 g/mol. The van der Waals surface area contributed by atoms with Gasteiger partial charge in [0.25, 0.3) is 11.8 Å². The summed E-state index contributed by atoms with van der Waals surface area (Å²) in [5, 5.41) is 24.2. The fraction of sp³-hybridized carbons (Fsp3) is 0.500. The maximum atomic E-state index is 12.7.